The number of aromatic nitrogens is 2. The molecule has 0 aliphatic carbocycles. The Morgan fingerprint density at radius 2 is 2.21 bits per heavy atom. The largest absolute Gasteiger partial charge is 0.339 e. The van der Waals surface area contributed by atoms with Crippen molar-refractivity contribution in [2.45, 2.75) is 45.6 Å². The first-order valence-electron chi connectivity index (χ1n) is 9.54. The summed E-state index contributed by atoms with van der Waals surface area (Å²) in [4.78, 5) is 32.4. The lowest BCUT2D eigenvalue weighted by atomic mass is 10.2. The second-order valence-corrected chi connectivity index (χ2v) is 7.57. The fourth-order valence-electron chi connectivity index (χ4n) is 3.11. The highest BCUT2D eigenvalue weighted by molar-refractivity contribution is 5.96. The van der Waals surface area contributed by atoms with E-state index in [1.54, 1.807) is 16.8 Å². The zero-order valence-corrected chi connectivity index (χ0v) is 16.8. The van der Waals surface area contributed by atoms with Crippen LogP contribution in [0, 0.1) is 6.92 Å². The van der Waals surface area contributed by atoms with Crippen molar-refractivity contribution in [2.75, 3.05) is 25.0 Å². The van der Waals surface area contributed by atoms with Gasteiger partial charge in [0.2, 0.25) is 11.8 Å². The molecule has 1 atom stereocenters. The Labute approximate surface area is 164 Å². The fourth-order valence-corrected chi connectivity index (χ4v) is 3.11. The van der Waals surface area contributed by atoms with Crippen molar-refractivity contribution >= 4 is 17.6 Å². The summed E-state index contributed by atoms with van der Waals surface area (Å²) in [6, 6.07) is 7.39. The fraction of sp³-hybridized carbons (Fsp3) is 0.500. The van der Waals surface area contributed by atoms with Gasteiger partial charge in [-0.2, -0.15) is 4.98 Å². The molecule has 1 unspecified atom stereocenters. The lowest BCUT2D eigenvalue weighted by Crippen LogP contribution is -2.44. The summed E-state index contributed by atoms with van der Waals surface area (Å²) >= 11 is 0. The van der Waals surface area contributed by atoms with E-state index in [0.717, 1.165) is 11.3 Å². The van der Waals surface area contributed by atoms with Crippen molar-refractivity contribution in [3.8, 4) is 0 Å². The molecule has 0 radical (unpaired) electrons. The molecule has 2 heterocycles. The molecule has 1 N–H and O–H groups in total. The van der Waals surface area contributed by atoms with Crippen LogP contribution in [0.5, 0.6) is 0 Å². The lowest BCUT2D eigenvalue weighted by Gasteiger charge is -2.21. The zero-order chi connectivity index (χ0) is 20.3. The monoisotopic (exact) mass is 385 g/mol. The number of carbonyl (C=O) groups excluding carboxylic acids is 2. The van der Waals surface area contributed by atoms with Crippen molar-refractivity contribution < 1.29 is 14.1 Å². The van der Waals surface area contributed by atoms with E-state index in [9.17, 15) is 9.59 Å². The number of urea groups is 1. The standard InChI is InChI=1S/C20H27N5O3/c1-13(2)19-22-17(23-28-19)8-9-24(4)20(27)21-15-11-18(26)25(12-15)16-7-5-6-14(3)10-16/h5-7,10,13,15H,8-9,11-12H2,1-4H3,(H,21,27). The van der Waals surface area contributed by atoms with E-state index in [1.807, 2.05) is 45.0 Å². The molecule has 2 aromatic rings. The molecule has 8 heteroatoms. The van der Waals surface area contributed by atoms with Gasteiger partial charge in [0.15, 0.2) is 5.82 Å². The van der Waals surface area contributed by atoms with Crippen LogP contribution >= 0.6 is 0 Å². The third-order valence-corrected chi connectivity index (χ3v) is 4.76. The lowest BCUT2D eigenvalue weighted by molar-refractivity contribution is -0.117. The highest BCUT2D eigenvalue weighted by Gasteiger charge is 2.32. The van der Waals surface area contributed by atoms with Crippen LogP contribution in [0.25, 0.3) is 0 Å². The van der Waals surface area contributed by atoms with Crippen molar-refractivity contribution in [2.24, 2.45) is 0 Å². The molecule has 1 saturated heterocycles. The SMILES string of the molecule is Cc1cccc(N2CC(NC(=O)N(C)CCc3noc(C(C)C)n3)CC2=O)c1. The van der Waals surface area contributed by atoms with Crippen LogP contribution in [0.1, 0.15) is 43.5 Å². The van der Waals surface area contributed by atoms with E-state index < -0.39 is 0 Å². The maximum atomic E-state index is 12.5. The van der Waals surface area contributed by atoms with Crippen LogP contribution in [0.3, 0.4) is 0 Å². The molecule has 1 fully saturated rings. The van der Waals surface area contributed by atoms with E-state index in [0.29, 0.717) is 37.6 Å². The van der Waals surface area contributed by atoms with Gasteiger partial charge in [-0.25, -0.2) is 4.79 Å². The predicted octanol–water partition coefficient (Wildman–Crippen LogP) is 2.49. The number of likely N-dealkylation sites (N-methyl/N-ethyl adjacent to an activating group) is 1. The van der Waals surface area contributed by atoms with Gasteiger partial charge >= 0.3 is 6.03 Å². The van der Waals surface area contributed by atoms with Gasteiger partial charge in [-0.05, 0) is 24.6 Å². The first-order chi connectivity index (χ1) is 13.3. The van der Waals surface area contributed by atoms with Gasteiger partial charge in [0.25, 0.3) is 0 Å². The van der Waals surface area contributed by atoms with Crippen LogP contribution in [0.2, 0.25) is 0 Å². The molecule has 1 aromatic heterocycles. The second kappa shape index (κ2) is 8.41. The van der Waals surface area contributed by atoms with Gasteiger partial charge in [-0.1, -0.05) is 31.1 Å². The maximum Gasteiger partial charge on any atom is 0.317 e. The minimum atomic E-state index is -0.212. The van der Waals surface area contributed by atoms with Crippen LogP contribution in [0.15, 0.2) is 28.8 Å². The summed E-state index contributed by atoms with van der Waals surface area (Å²) in [6.07, 6.45) is 0.815. The summed E-state index contributed by atoms with van der Waals surface area (Å²) in [5.41, 5.74) is 1.97. The molecular formula is C20H27N5O3. The Kier molecular flexibility index (Phi) is 5.96. The van der Waals surface area contributed by atoms with Crippen LogP contribution < -0.4 is 10.2 Å². The number of anilines is 1. The Hall–Kier alpha value is -2.90. The highest BCUT2D eigenvalue weighted by Crippen LogP contribution is 2.22. The normalized spacial score (nSPS) is 16.7. The van der Waals surface area contributed by atoms with Gasteiger partial charge < -0.3 is 19.6 Å². The minimum absolute atomic E-state index is 0.0200. The molecule has 0 saturated carbocycles. The summed E-state index contributed by atoms with van der Waals surface area (Å²) < 4.78 is 5.18. The van der Waals surface area contributed by atoms with Crippen LogP contribution in [-0.2, 0) is 11.2 Å². The second-order valence-electron chi connectivity index (χ2n) is 7.57. The third kappa shape index (κ3) is 4.68. The Bertz CT molecular complexity index is 848. The van der Waals surface area contributed by atoms with Gasteiger partial charge in [-0.15, -0.1) is 0 Å². The number of hydrogen-bond donors (Lipinski definition) is 1. The summed E-state index contributed by atoms with van der Waals surface area (Å²) in [6.45, 7) is 6.90. The van der Waals surface area contributed by atoms with Crippen LogP contribution in [-0.4, -0.2) is 53.2 Å². The molecule has 3 rings (SSSR count). The molecular weight excluding hydrogens is 358 g/mol. The number of rotatable bonds is 6. The van der Waals surface area contributed by atoms with Gasteiger partial charge in [0.1, 0.15) is 0 Å². The summed E-state index contributed by atoms with van der Waals surface area (Å²) in [7, 11) is 1.72. The molecule has 1 aromatic carbocycles. The molecule has 1 aliphatic rings. The van der Waals surface area contributed by atoms with Crippen molar-refractivity contribution in [1.82, 2.24) is 20.4 Å². The Balaban J connectivity index is 1.50. The Morgan fingerprint density at radius 3 is 2.89 bits per heavy atom. The summed E-state index contributed by atoms with van der Waals surface area (Å²) in [5, 5.41) is 6.88. The molecule has 3 amide bonds. The predicted molar refractivity (Wildman–Crippen MR) is 105 cm³/mol. The van der Waals surface area contributed by atoms with Crippen molar-refractivity contribution in [3.63, 3.8) is 0 Å². The van der Waals surface area contributed by atoms with E-state index in [-0.39, 0.29) is 23.9 Å². The number of aryl methyl sites for hydroxylation is 1. The maximum absolute atomic E-state index is 12.5. The first kappa shape index (κ1) is 19.9. The quantitative estimate of drug-likeness (QED) is 0.825. The van der Waals surface area contributed by atoms with E-state index >= 15 is 0 Å². The topological polar surface area (TPSA) is 91.6 Å². The average Bonchev–Trinajstić information content (AvgIpc) is 3.26. The van der Waals surface area contributed by atoms with Gasteiger partial charge in [-0.3, -0.25) is 4.79 Å². The van der Waals surface area contributed by atoms with Gasteiger partial charge in [0.05, 0.1) is 6.04 Å². The van der Waals surface area contributed by atoms with E-state index in [4.69, 9.17) is 4.52 Å². The minimum Gasteiger partial charge on any atom is -0.339 e. The van der Waals surface area contributed by atoms with Crippen LogP contribution in [0.4, 0.5) is 10.5 Å². The van der Waals surface area contributed by atoms with Gasteiger partial charge in [0, 0.05) is 44.6 Å². The molecule has 28 heavy (non-hydrogen) atoms. The molecule has 150 valence electrons. The zero-order valence-electron chi connectivity index (χ0n) is 16.8. The number of nitrogens with zero attached hydrogens (tertiary/aromatic N) is 4. The average molecular weight is 385 g/mol. The van der Waals surface area contributed by atoms with Crippen molar-refractivity contribution in [3.05, 3.63) is 41.5 Å². The molecule has 8 nitrogen and oxygen atoms in total. The molecule has 0 bridgehead atoms. The number of nitrogens with one attached hydrogen (secondary N) is 1. The first-order valence-corrected chi connectivity index (χ1v) is 9.54. The third-order valence-electron chi connectivity index (χ3n) is 4.76. The Morgan fingerprint density at radius 1 is 1.43 bits per heavy atom. The molecule has 0 spiro atoms. The number of carbonyl (C=O) groups is 2. The van der Waals surface area contributed by atoms with E-state index in [2.05, 4.69) is 15.5 Å². The smallest absolute Gasteiger partial charge is 0.317 e. The number of benzene rings is 1. The van der Waals surface area contributed by atoms with E-state index in [1.165, 1.54) is 0 Å². The summed E-state index contributed by atoms with van der Waals surface area (Å²) in [5.74, 6) is 1.39. The highest BCUT2D eigenvalue weighted by atomic mass is 16.5. The molecule has 1 aliphatic heterocycles. The number of hydrogen-bond acceptors (Lipinski definition) is 5. The van der Waals surface area contributed by atoms with Crippen molar-refractivity contribution in [1.29, 1.82) is 0 Å². The number of amides is 3.